The molecule has 0 rings (SSSR count). The molecule has 0 aliphatic heterocycles. The topological polar surface area (TPSA) is 66.8 Å². The van der Waals surface area contributed by atoms with Gasteiger partial charge in [-0.15, -0.1) is 5.06 Å². The minimum atomic E-state index is -1.30. The van der Waals surface area contributed by atoms with Crippen LogP contribution in [0.1, 0.15) is 6.92 Å². The maximum atomic E-state index is 10.0. The maximum absolute atomic E-state index is 10.0. The van der Waals surface area contributed by atoms with Crippen LogP contribution in [0.15, 0.2) is 0 Å². The van der Waals surface area contributed by atoms with Crippen LogP contribution in [0.5, 0.6) is 0 Å². The van der Waals surface area contributed by atoms with Crippen LogP contribution in [0.2, 0.25) is 0 Å². The highest BCUT2D eigenvalue weighted by molar-refractivity contribution is 5.70. The predicted molar refractivity (Wildman–Crippen MR) is 27.6 cm³/mol. The van der Waals surface area contributed by atoms with Gasteiger partial charge in [0.1, 0.15) is 0 Å². The fraction of sp³-hybridized carbons (Fsp3) is 0.500. The molecule has 1 amide bonds. The average Bonchev–Trinajstić information content (AvgIpc) is 1.63. The second-order valence-corrected chi connectivity index (χ2v) is 1.36. The van der Waals surface area contributed by atoms with Gasteiger partial charge in [0.25, 0.3) is 0 Å². The Bertz CT molecular complexity index is 133. The fourth-order valence-corrected chi connectivity index (χ4v) is 0.232. The second kappa shape index (κ2) is 2.91. The molecule has 5 nitrogen and oxygen atoms in total. The van der Waals surface area contributed by atoms with E-state index in [1.807, 2.05) is 0 Å². The van der Waals surface area contributed by atoms with Crippen LogP contribution >= 0.6 is 0 Å². The first kappa shape index (κ1) is 7.74. The summed E-state index contributed by atoms with van der Waals surface area (Å²) in [5.41, 5.74) is 0. The summed E-state index contributed by atoms with van der Waals surface area (Å²) >= 11 is 0. The minimum Gasteiger partial charge on any atom is -0.463 e. The van der Waals surface area contributed by atoms with Crippen molar-refractivity contribution in [2.24, 2.45) is 0 Å². The highest BCUT2D eigenvalue weighted by Crippen LogP contribution is 1.84. The lowest BCUT2D eigenvalue weighted by molar-refractivity contribution is -0.172. The van der Waals surface area contributed by atoms with E-state index in [0.29, 0.717) is 5.06 Å². The molecule has 0 atom stereocenters. The van der Waals surface area contributed by atoms with E-state index < -0.39 is 12.1 Å². The molecule has 52 valence electrons. The van der Waals surface area contributed by atoms with Crippen LogP contribution in [0.3, 0.4) is 0 Å². The van der Waals surface area contributed by atoms with Gasteiger partial charge >= 0.3 is 12.1 Å². The van der Waals surface area contributed by atoms with Gasteiger partial charge in [0.15, 0.2) is 0 Å². The number of hydrogen-bond donors (Lipinski definition) is 1. The summed E-state index contributed by atoms with van der Waals surface area (Å²) in [7, 11) is 1.13. The van der Waals surface area contributed by atoms with Crippen molar-refractivity contribution in [1.29, 1.82) is 0 Å². The first-order valence-corrected chi connectivity index (χ1v) is 2.19. The van der Waals surface area contributed by atoms with Crippen LogP contribution < -0.4 is 0 Å². The molecule has 0 saturated carbocycles. The Hall–Kier alpha value is -1.26. The molecule has 0 heterocycles. The lowest BCUT2D eigenvalue weighted by Crippen LogP contribution is -2.26. The molecule has 0 aliphatic rings. The van der Waals surface area contributed by atoms with Gasteiger partial charge in [-0.05, 0) is 0 Å². The van der Waals surface area contributed by atoms with Crippen LogP contribution in [0.4, 0.5) is 4.79 Å². The third-order valence-electron chi connectivity index (χ3n) is 0.535. The number of hydrogen-bond acceptors (Lipinski definition) is 3. The van der Waals surface area contributed by atoms with E-state index in [1.165, 1.54) is 0 Å². The Balaban J connectivity index is 3.63. The van der Waals surface area contributed by atoms with Crippen LogP contribution in [-0.2, 0) is 9.63 Å². The van der Waals surface area contributed by atoms with Crippen molar-refractivity contribution in [1.82, 2.24) is 5.06 Å². The van der Waals surface area contributed by atoms with E-state index in [9.17, 15) is 9.59 Å². The number of nitrogens with zero attached hydrogens (tertiary/aromatic N) is 1. The Labute approximate surface area is 51.8 Å². The number of carboxylic acid groups (broad SMARTS) is 1. The van der Waals surface area contributed by atoms with Crippen molar-refractivity contribution in [3.63, 3.8) is 0 Å². The molecule has 0 spiro atoms. The highest BCUT2D eigenvalue weighted by atomic mass is 16.7. The number of carbonyl (C=O) groups excluding carboxylic acids is 1. The summed E-state index contributed by atoms with van der Waals surface area (Å²) in [6, 6.07) is 0. The van der Waals surface area contributed by atoms with Gasteiger partial charge in [-0.3, -0.25) is 4.79 Å². The standard InChI is InChI=1S/C4H7NO4/c1-3(6)9-5(2)4(7)8/h1-2H3,(H,7,8). The lowest BCUT2D eigenvalue weighted by atomic mass is 10.8. The molecule has 0 fully saturated rings. The second-order valence-electron chi connectivity index (χ2n) is 1.36. The molecular weight excluding hydrogens is 126 g/mol. The van der Waals surface area contributed by atoms with E-state index in [2.05, 4.69) is 4.84 Å². The third kappa shape index (κ3) is 3.33. The Morgan fingerprint density at radius 2 is 2.00 bits per heavy atom. The van der Waals surface area contributed by atoms with Crippen molar-refractivity contribution in [3.05, 3.63) is 0 Å². The number of amides is 1. The summed E-state index contributed by atoms with van der Waals surface area (Å²) in [6.45, 7) is 1.12. The first-order valence-electron chi connectivity index (χ1n) is 2.19. The number of hydroxylamine groups is 2. The third-order valence-corrected chi connectivity index (χ3v) is 0.535. The van der Waals surface area contributed by atoms with Crippen molar-refractivity contribution >= 4 is 12.1 Å². The zero-order valence-corrected chi connectivity index (χ0v) is 5.12. The molecule has 0 aromatic rings. The summed E-state index contributed by atoms with van der Waals surface area (Å²) in [5, 5.41) is 8.51. The van der Waals surface area contributed by atoms with Gasteiger partial charge in [-0.1, -0.05) is 0 Å². The van der Waals surface area contributed by atoms with Crippen molar-refractivity contribution in [3.8, 4) is 0 Å². The molecule has 0 aromatic carbocycles. The SMILES string of the molecule is CC(=O)ON(C)C(=O)O. The molecule has 0 unspecified atom stereocenters. The van der Waals surface area contributed by atoms with Crippen molar-refractivity contribution in [2.75, 3.05) is 7.05 Å². The summed E-state index contributed by atoms with van der Waals surface area (Å²) in [6.07, 6.45) is -1.30. The molecule has 5 heteroatoms. The van der Waals surface area contributed by atoms with E-state index in [1.54, 1.807) is 0 Å². The van der Waals surface area contributed by atoms with Gasteiger partial charge in [-0.2, -0.15) is 0 Å². The van der Waals surface area contributed by atoms with Gasteiger partial charge < -0.3 is 9.94 Å². The molecule has 1 N–H and O–H groups in total. The Morgan fingerprint density at radius 3 is 2.11 bits per heavy atom. The van der Waals surface area contributed by atoms with E-state index in [4.69, 9.17) is 5.11 Å². The van der Waals surface area contributed by atoms with Crippen molar-refractivity contribution in [2.45, 2.75) is 6.92 Å². The smallest absolute Gasteiger partial charge is 0.440 e. The minimum absolute atomic E-state index is 0.433. The first-order chi connectivity index (χ1) is 4.04. The van der Waals surface area contributed by atoms with Gasteiger partial charge in [0.05, 0.1) is 7.05 Å². The summed E-state index contributed by atoms with van der Waals surface area (Å²) in [5.74, 6) is -0.653. The van der Waals surface area contributed by atoms with Gasteiger partial charge in [0.2, 0.25) is 0 Å². The van der Waals surface area contributed by atoms with Gasteiger partial charge in [-0.25, -0.2) is 4.79 Å². The number of rotatable bonds is 0. The maximum Gasteiger partial charge on any atom is 0.440 e. The quantitative estimate of drug-likeness (QED) is 0.475. The van der Waals surface area contributed by atoms with Crippen LogP contribution in [0, 0.1) is 0 Å². The highest BCUT2D eigenvalue weighted by Gasteiger charge is 2.06. The monoisotopic (exact) mass is 133 g/mol. The van der Waals surface area contributed by atoms with Crippen molar-refractivity contribution < 1.29 is 19.5 Å². The van der Waals surface area contributed by atoms with E-state index >= 15 is 0 Å². The van der Waals surface area contributed by atoms with Gasteiger partial charge in [0, 0.05) is 6.92 Å². The summed E-state index contributed by atoms with van der Waals surface area (Å²) in [4.78, 5) is 24.0. The molecule has 0 saturated heterocycles. The molecule has 9 heavy (non-hydrogen) atoms. The Morgan fingerprint density at radius 1 is 1.56 bits per heavy atom. The predicted octanol–water partition coefficient (Wildman–Crippen LogP) is 0.0743. The largest absolute Gasteiger partial charge is 0.463 e. The molecule has 0 bridgehead atoms. The summed E-state index contributed by atoms with van der Waals surface area (Å²) < 4.78 is 0. The lowest BCUT2D eigenvalue weighted by Gasteiger charge is -2.08. The number of carbonyl (C=O) groups is 2. The zero-order chi connectivity index (χ0) is 7.44. The molecule has 0 aromatic heterocycles. The van der Waals surface area contributed by atoms with E-state index in [-0.39, 0.29) is 0 Å². The molecular formula is C4H7NO4. The zero-order valence-electron chi connectivity index (χ0n) is 5.12. The molecule has 0 radical (unpaired) electrons. The van der Waals surface area contributed by atoms with Crippen LogP contribution in [0.25, 0.3) is 0 Å². The van der Waals surface area contributed by atoms with Crippen LogP contribution in [-0.4, -0.2) is 29.3 Å². The molecule has 0 aliphatic carbocycles. The van der Waals surface area contributed by atoms with E-state index in [0.717, 1.165) is 14.0 Å². The normalized spacial score (nSPS) is 8.22. The fourth-order valence-electron chi connectivity index (χ4n) is 0.232. The average molecular weight is 133 g/mol. The Kier molecular flexibility index (Phi) is 2.50.